The molecule has 0 amide bonds. The molecule has 4 nitrogen and oxygen atoms in total. The van der Waals surface area contributed by atoms with Gasteiger partial charge in [-0.3, -0.25) is 4.79 Å². The van der Waals surface area contributed by atoms with Crippen molar-refractivity contribution in [2.45, 2.75) is 12.8 Å². The van der Waals surface area contributed by atoms with Gasteiger partial charge in [-0.1, -0.05) is 17.6 Å². The van der Waals surface area contributed by atoms with Crippen molar-refractivity contribution >= 4 is 24.2 Å². The fraction of sp³-hybridized carbons (Fsp3) is 0.308. The van der Waals surface area contributed by atoms with E-state index in [-0.39, 0.29) is 11.8 Å². The summed E-state index contributed by atoms with van der Waals surface area (Å²) in [4.78, 5) is 12.0. The lowest BCUT2D eigenvalue weighted by atomic mass is 9.95. The minimum Gasteiger partial charge on any atom is -0.348 e. The van der Waals surface area contributed by atoms with Crippen LogP contribution in [0.5, 0.6) is 0 Å². The Balaban J connectivity index is 2.10. The van der Waals surface area contributed by atoms with Crippen LogP contribution in [0.2, 0.25) is 0 Å². The minimum atomic E-state index is -0.311. The van der Waals surface area contributed by atoms with Crippen LogP contribution >= 0.6 is 0 Å². The number of rotatable bonds is 2. The molecule has 0 bridgehead atoms. The van der Waals surface area contributed by atoms with Crippen LogP contribution in [-0.2, 0) is 16.0 Å². The molecule has 0 N–H and O–H groups in total. The SMILES string of the molecule is Bc1ccc2ccc(=O)n(CC3OCCO3)c2c1. The average Bonchev–Trinajstić information content (AvgIpc) is 2.86. The summed E-state index contributed by atoms with van der Waals surface area (Å²) in [5, 5.41) is 1.05. The molecular formula is C13H14BNO3. The van der Waals surface area contributed by atoms with Crippen molar-refractivity contribution in [3.8, 4) is 0 Å². The zero-order valence-electron chi connectivity index (χ0n) is 10.3. The topological polar surface area (TPSA) is 40.5 Å². The van der Waals surface area contributed by atoms with Gasteiger partial charge < -0.3 is 14.0 Å². The monoisotopic (exact) mass is 243 g/mol. The van der Waals surface area contributed by atoms with Crippen LogP contribution < -0.4 is 11.0 Å². The Hall–Kier alpha value is -1.59. The van der Waals surface area contributed by atoms with Crippen LogP contribution in [0.4, 0.5) is 0 Å². The zero-order valence-corrected chi connectivity index (χ0v) is 10.3. The van der Waals surface area contributed by atoms with Crippen LogP contribution in [0.1, 0.15) is 0 Å². The molecule has 0 saturated carbocycles. The lowest BCUT2D eigenvalue weighted by Crippen LogP contribution is -2.27. The molecule has 0 spiro atoms. The molecule has 1 aliphatic heterocycles. The zero-order chi connectivity index (χ0) is 12.5. The van der Waals surface area contributed by atoms with E-state index in [9.17, 15) is 4.79 Å². The molecule has 1 fully saturated rings. The standard InChI is InChI=1S/C13H14BNO3/c14-10-3-1-9-2-4-12(16)15(11(9)7-10)8-13-17-5-6-18-13/h1-4,7,13H,5-6,8,14H2. The highest BCUT2D eigenvalue weighted by Gasteiger charge is 2.17. The summed E-state index contributed by atoms with van der Waals surface area (Å²) in [7, 11) is 2.02. The molecule has 1 saturated heterocycles. The Kier molecular flexibility index (Phi) is 2.93. The quantitative estimate of drug-likeness (QED) is 0.676. The van der Waals surface area contributed by atoms with Crippen molar-refractivity contribution in [3.63, 3.8) is 0 Å². The fourth-order valence-electron chi connectivity index (χ4n) is 2.25. The first-order chi connectivity index (χ1) is 8.74. The third-order valence-corrected chi connectivity index (χ3v) is 3.17. The summed E-state index contributed by atoms with van der Waals surface area (Å²) < 4.78 is 12.5. The second-order valence-corrected chi connectivity index (χ2v) is 4.52. The van der Waals surface area contributed by atoms with E-state index in [1.54, 1.807) is 10.6 Å². The number of nitrogens with zero attached hydrogens (tertiary/aromatic N) is 1. The normalized spacial score (nSPS) is 16.4. The van der Waals surface area contributed by atoms with Crippen molar-refractivity contribution in [3.05, 3.63) is 40.7 Å². The molecule has 0 unspecified atom stereocenters. The molecule has 92 valence electrons. The molecule has 1 aromatic heterocycles. The number of pyridine rings is 1. The molecule has 3 rings (SSSR count). The Morgan fingerprint density at radius 3 is 2.72 bits per heavy atom. The van der Waals surface area contributed by atoms with E-state index in [1.807, 2.05) is 32.1 Å². The van der Waals surface area contributed by atoms with Gasteiger partial charge in [0.25, 0.3) is 5.56 Å². The number of hydrogen-bond acceptors (Lipinski definition) is 3. The first-order valence-corrected chi connectivity index (χ1v) is 6.07. The summed E-state index contributed by atoms with van der Waals surface area (Å²) in [6.45, 7) is 1.64. The van der Waals surface area contributed by atoms with E-state index < -0.39 is 0 Å². The van der Waals surface area contributed by atoms with Gasteiger partial charge in [0, 0.05) is 6.07 Å². The van der Waals surface area contributed by atoms with Crippen molar-refractivity contribution in [2.75, 3.05) is 13.2 Å². The van der Waals surface area contributed by atoms with Gasteiger partial charge in [-0.25, -0.2) is 0 Å². The number of aromatic nitrogens is 1. The maximum atomic E-state index is 12.0. The molecule has 5 heteroatoms. The number of ether oxygens (including phenoxy) is 2. The molecule has 18 heavy (non-hydrogen) atoms. The minimum absolute atomic E-state index is 0.0211. The first-order valence-electron chi connectivity index (χ1n) is 6.07. The number of hydrogen-bond donors (Lipinski definition) is 0. The highest BCUT2D eigenvalue weighted by atomic mass is 16.7. The van der Waals surface area contributed by atoms with Gasteiger partial charge in [-0.05, 0) is 17.5 Å². The number of fused-ring (bicyclic) bond motifs is 1. The smallest absolute Gasteiger partial charge is 0.251 e. The molecule has 1 aliphatic rings. The first kappa shape index (κ1) is 11.5. The van der Waals surface area contributed by atoms with Gasteiger partial charge in [0.15, 0.2) is 6.29 Å². The van der Waals surface area contributed by atoms with E-state index in [0.29, 0.717) is 19.8 Å². The van der Waals surface area contributed by atoms with Gasteiger partial charge in [-0.2, -0.15) is 0 Å². The van der Waals surface area contributed by atoms with E-state index in [4.69, 9.17) is 9.47 Å². The van der Waals surface area contributed by atoms with E-state index >= 15 is 0 Å². The molecule has 1 aromatic carbocycles. The molecular weight excluding hydrogens is 229 g/mol. The molecule has 0 atom stereocenters. The molecule has 0 aliphatic carbocycles. The predicted octanol–water partition coefficient (Wildman–Crippen LogP) is -0.367. The van der Waals surface area contributed by atoms with Crippen LogP contribution in [0.3, 0.4) is 0 Å². The maximum Gasteiger partial charge on any atom is 0.251 e. The van der Waals surface area contributed by atoms with Gasteiger partial charge in [0.1, 0.15) is 7.85 Å². The predicted molar refractivity (Wildman–Crippen MR) is 72.1 cm³/mol. The van der Waals surface area contributed by atoms with E-state index in [1.165, 1.54) is 0 Å². The Bertz CT molecular complexity index is 632. The summed E-state index contributed by atoms with van der Waals surface area (Å²) in [5.41, 5.74) is 2.05. The maximum absolute atomic E-state index is 12.0. The Morgan fingerprint density at radius 1 is 1.22 bits per heavy atom. The average molecular weight is 243 g/mol. The van der Waals surface area contributed by atoms with Crippen LogP contribution in [-0.4, -0.2) is 31.9 Å². The van der Waals surface area contributed by atoms with Gasteiger partial charge in [0.2, 0.25) is 0 Å². The summed E-state index contributed by atoms with van der Waals surface area (Å²) in [6.07, 6.45) is -0.311. The van der Waals surface area contributed by atoms with Gasteiger partial charge >= 0.3 is 0 Å². The largest absolute Gasteiger partial charge is 0.348 e. The highest BCUT2D eigenvalue weighted by molar-refractivity contribution is 6.33. The second-order valence-electron chi connectivity index (χ2n) is 4.52. The third kappa shape index (κ3) is 2.07. The molecule has 2 heterocycles. The van der Waals surface area contributed by atoms with Crippen LogP contribution in [0.15, 0.2) is 35.1 Å². The second kappa shape index (κ2) is 4.59. The Morgan fingerprint density at radius 2 is 1.94 bits per heavy atom. The van der Waals surface area contributed by atoms with Crippen LogP contribution in [0.25, 0.3) is 10.9 Å². The fourth-order valence-corrected chi connectivity index (χ4v) is 2.25. The van der Waals surface area contributed by atoms with Crippen molar-refractivity contribution in [1.29, 1.82) is 0 Å². The highest BCUT2D eigenvalue weighted by Crippen LogP contribution is 2.12. The van der Waals surface area contributed by atoms with Crippen molar-refractivity contribution < 1.29 is 9.47 Å². The van der Waals surface area contributed by atoms with Crippen LogP contribution in [0, 0.1) is 0 Å². The third-order valence-electron chi connectivity index (χ3n) is 3.17. The lowest BCUT2D eigenvalue weighted by Gasteiger charge is -2.14. The Labute approximate surface area is 106 Å². The van der Waals surface area contributed by atoms with Gasteiger partial charge in [0.05, 0.1) is 25.3 Å². The summed E-state index contributed by atoms with van der Waals surface area (Å²) in [5.74, 6) is 0. The molecule has 2 aromatic rings. The molecule has 0 radical (unpaired) electrons. The van der Waals surface area contributed by atoms with Gasteiger partial charge in [-0.15, -0.1) is 0 Å². The number of benzene rings is 1. The van der Waals surface area contributed by atoms with E-state index in [0.717, 1.165) is 16.4 Å². The summed E-state index contributed by atoms with van der Waals surface area (Å²) >= 11 is 0. The van der Waals surface area contributed by atoms with Crippen molar-refractivity contribution in [2.24, 2.45) is 0 Å². The van der Waals surface area contributed by atoms with E-state index in [2.05, 4.69) is 0 Å². The lowest BCUT2D eigenvalue weighted by molar-refractivity contribution is -0.0522. The summed E-state index contributed by atoms with van der Waals surface area (Å²) in [6, 6.07) is 9.53. The van der Waals surface area contributed by atoms with Crippen molar-refractivity contribution in [1.82, 2.24) is 4.57 Å².